The molecular formula is C32H26N4O2. The first-order valence-electron chi connectivity index (χ1n) is 12.9. The third-order valence-corrected chi connectivity index (χ3v) is 7.86. The highest BCUT2D eigenvalue weighted by Crippen LogP contribution is 2.53. The molecular weight excluding hydrogens is 472 g/mol. The molecule has 2 aromatic carbocycles. The van der Waals surface area contributed by atoms with E-state index in [4.69, 9.17) is 9.72 Å². The van der Waals surface area contributed by atoms with Crippen LogP contribution in [0.3, 0.4) is 0 Å². The second-order valence-electron chi connectivity index (χ2n) is 9.72. The van der Waals surface area contributed by atoms with Crippen molar-refractivity contribution in [2.45, 2.75) is 32.9 Å². The molecule has 7 rings (SSSR count). The number of aryl methyl sites for hydroxylation is 1. The van der Waals surface area contributed by atoms with E-state index >= 15 is 0 Å². The molecule has 4 aromatic heterocycles. The van der Waals surface area contributed by atoms with E-state index in [2.05, 4.69) is 71.3 Å². The number of fused-ring (bicyclic) bond motifs is 3. The molecule has 0 N–H and O–H groups in total. The molecule has 5 heterocycles. The molecule has 1 unspecified atom stereocenters. The lowest BCUT2D eigenvalue weighted by atomic mass is 9.80. The molecule has 0 amide bonds. The Kier molecular flexibility index (Phi) is 4.82. The number of cyclic esters (lactones) is 1. The summed E-state index contributed by atoms with van der Waals surface area (Å²) in [6, 6.07) is 24.8. The van der Waals surface area contributed by atoms with Gasteiger partial charge in [-0.15, -0.1) is 0 Å². The van der Waals surface area contributed by atoms with Crippen molar-refractivity contribution in [1.82, 2.24) is 18.9 Å². The Labute approximate surface area is 220 Å². The average molecular weight is 499 g/mol. The third kappa shape index (κ3) is 2.80. The van der Waals surface area contributed by atoms with Crippen LogP contribution in [-0.4, -0.2) is 24.9 Å². The number of hydrogen-bond acceptors (Lipinski definition) is 4. The first-order valence-corrected chi connectivity index (χ1v) is 12.9. The summed E-state index contributed by atoms with van der Waals surface area (Å²) in [6.07, 6.45) is 5.27. The quantitative estimate of drug-likeness (QED) is 0.262. The van der Waals surface area contributed by atoms with Crippen molar-refractivity contribution in [3.63, 3.8) is 0 Å². The fraction of sp³-hybridized carbons (Fsp3) is 0.156. The predicted octanol–water partition coefficient (Wildman–Crippen LogP) is 6.45. The van der Waals surface area contributed by atoms with Gasteiger partial charge >= 0.3 is 5.97 Å². The summed E-state index contributed by atoms with van der Waals surface area (Å²) in [5.74, 6) is -0.461. The van der Waals surface area contributed by atoms with Gasteiger partial charge in [-0.05, 0) is 50.1 Å². The van der Waals surface area contributed by atoms with Crippen molar-refractivity contribution in [2.75, 3.05) is 0 Å². The van der Waals surface area contributed by atoms with Crippen LogP contribution in [0, 0.1) is 13.8 Å². The van der Waals surface area contributed by atoms with E-state index < -0.39 is 11.6 Å². The molecule has 0 aliphatic carbocycles. The molecule has 0 saturated carbocycles. The molecule has 1 aliphatic heterocycles. The van der Waals surface area contributed by atoms with Gasteiger partial charge in [-0.2, -0.15) is 0 Å². The van der Waals surface area contributed by atoms with E-state index in [1.54, 1.807) is 12.4 Å². The number of benzene rings is 2. The summed E-state index contributed by atoms with van der Waals surface area (Å²) in [7, 11) is 0. The summed E-state index contributed by atoms with van der Waals surface area (Å²) in [5.41, 5.74) is 7.63. The third-order valence-electron chi connectivity index (χ3n) is 7.86. The van der Waals surface area contributed by atoms with Gasteiger partial charge < -0.3 is 13.7 Å². The molecule has 0 spiro atoms. The molecule has 0 bridgehead atoms. The van der Waals surface area contributed by atoms with Crippen molar-refractivity contribution in [1.29, 1.82) is 0 Å². The molecule has 1 atom stereocenters. The number of ether oxygens (including phenoxy) is 1. The fourth-order valence-corrected chi connectivity index (χ4v) is 6.46. The first kappa shape index (κ1) is 22.5. The molecule has 6 heteroatoms. The zero-order chi connectivity index (χ0) is 26.0. The summed E-state index contributed by atoms with van der Waals surface area (Å²) < 4.78 is 11.1. The highest BCUT2D eigenvalue weighted by atomic mass is 16.6. The number of esters is 1. The van der Waals surface area contributed by atoms with E-state index in [-0.39, 0.29) is 5.69 Å². The first-order chi connectivity index (χ1) is 18.6. The van der Waals surface area contributed by atoms with Crippen LogP contribution in [0.2, 0.25) is 0 Å². The number of para-hydroxylation sites is 1. The van der Waals surface area contributed by atoms with Gasteiger partial charge in [-0.1, -0.05) is 54.6 Å². The largest absolute Gasteiger partial charge is 0.437 e. The van der Waals surface area contributed by atoms with Crippen LogP contribution >= 0.6 is 0 Å². The molecule has 0 saturated heterocycles. The highest BCUT2D eigenvalue weighted by Gasteiger charge is 2.55. The highest BCUT2D eigenvalue weighted by molar-refractivity contribution is 5.98. The number of aromatic nitrogens is 4. The van der Waals surface area contributed by atoms with Gasteiger partial charge in [0.25, 0.3) is 0 Å². The Bertz CT molecular complexity index is 1880. The van der Waals surface area contributed by atoms with E-state index in [9.17, 15) is 4.79 Å². The fourth-order valence-electron chi connectivity index (χ4n) is 6.46. The topological polar surface area (TPSA) is 61.4 Å². The Hall–Kier alpha value is -4.71. The summed E-state index contributed by atoms with van der Waals surface area (Å²) in [4.78, 5) is 22.8. The summed E-state index contributed by atoms with van der Waals surface area (Å²) in [5, 5.41) is 1.04. The minimum absolute atomic E-state index is 0.260. The van der Waals surface area contributed by atoms with Crippen LogP contribution < -0.4 is 0 Å². The van der Waals surface area contributed by atoms with Gasteiger partial charge in [0.15, 0.2) is 5.69 Å². The van der Waals surface area contributed by atoms with Gasteiger partial charge in [-0.25, -0.2) is 9.78 Å². The van der Waals surface area contributed by atoms with Gasteiger partial charge in [0.1, 0.15) is 5.69 Å². The minimum atomic E-state index is -1.27. The molecule has 38 heavy (non-hydrogen) atoms. The Balaban J connectivity index is 1.70. The van der Waals surface area contributed by atoms with Gasteiger partial charge in [-0.3, -0.25) is 4.98 Å². The second kappa shape index (κ2) is 8.15. The lowest BCUT2D eigenvalue weighted by Crippen LogP contribution is -2.32. The zero-order valence-corrected chi connectivity index (χ0v) is 21.5. The Morgan fingerprint density at radius 1 is 0.842 bits per heavy atom. The van der Waals surface area contributed by atoms with Crippen LogP contribution in [0.25, 0.3) is 27.7 Å². The monoisotopic (exact) mass is 498 g/mol. The predicted molar refractivity (Wildman–Crippen MR) is 147 cm³/mol. The second-order valence-corrected chi connectivity index (χ2v) is 9.72. The number of rotatable bonds is 4. The molecule has 6 nitrogen and oxygen atoms in total. The van der Waals surface area contributed by atoms with Gasteiger partial charge in [0.2, 0.25) is 5.60 Å². The number of carbonyl (C=O) groups is 1. The maximum atomic E-state index is 13.5. The van der Waals surface area contributed by atoms with Crippen LogP contribution in [0.5, 0.6) is 0 Å². The van der Waals surface area contributed by atoms with Crippen molar-refractivity contribution in [3.8, 4) is 11.3 Å². The van der Waals surface area contributed by atoms with Crippen molar-refractivity contribution < 1.29 is 9.53 Å². The Morgan fingerprint density at radius 3 is 2.37 bits per heavy atom. The van der Waals surface area contributed by atoms with Crippen molar-refractivity contribution >= 4 is 22.4 Å². The maximum absolute atomic E-state index is 13.5. The number of pyridine rings is 1. The molecule has 6 aromatic rings. The average Bonchev–Trinajstić information content (AvgIpc) is 3.53. The van der Waals surface area contributed by atoms with Gasteiger partial charge in [0, 0.05) is 52.9 Å². The number of carbonyl (C=O) groups excluding carboxylic acids is 1. The maximum Gasteiger partial charge on any atom is 0.360 e. The number of hydrogen-bond donors (Lipinski definition) is 0. The minimum Gasteiger partial charge on any atom is -0.437 e. The van der Waals surface area contributed by atoms with E-state index in [1.165, 1.54) is 0 Å². The van der Waals surface area contributed by atoms with Crippen molar-refractivity contribution in [3.05, 3.63) is 125 Å². The van der Waals surface area contributed by atoms with Gasteiger partial charge in [0.05, 0.1) is 11.2 Å². The van der Waals surface area contributed by atoms with Crippen LogP contribution in [0.15, 0.2) is 91.4 Å². The van der Waals surface area contributed by atoms with E-state index in [0.29, 0.717) is 5.69 Å². The van der Waals surface area contributed by atoms with Crippen LogP contribution in [-0.2, 0) is 16.9 Å². The summed E-state index contributed by atoms with van der Waals surface area (Å²) >= 11 is 0. The zero-order valence-electron chi connectivity index (χ0n) is 21.5. The normalized spacial score (nSPS) is 16.8. The molecule has 186 valence electrons. The smallest absolute Gasteiger partial charge is 0.360 e. The molecule has 0 fully saturated rings. The molecule has 0 radical (unpaired) electrons. The number of nitrogens with zero attached hydrogens (tertiary/aromatic N) is 4. The van der Waals surface area contributed by atoms with Crippen LogP contribution in [0.4, 0.5) is 0 Å². The van der Waals surface area contributed by atoms with Crippen molar-refractivity contribution in [2.24, 2.45) is 0 Å². The van der Waals surface area contributed by atoms with Crippen LogP contribution in [0.1, 0.15) is 45.5 Å². The van der Waals surface area contributed by atoms with E-state index in [1.807, 2.05) is 42.5 Å². The molecule has 1 aliphatic rings. The standard InChI is InChI=1S/C32H26N4O2/c1-4-35-21(3)27(23-14-8-9-15-24(23)35)32(30-28(31(37)38-32)33-17-18-34-30)26-20(2)29(22-12-6-5-7-13-22)36-19-11-10-16-25(26)36/h5-19H,4H2,1-3H3. The lowest BCUT2D eigenvalue weighted by molar-refractivity contribution is 0.0246. The summed E-state index contributed by atoms with van der Waals surface area (Å²) in [6.45, 7) is 7.14. The van der Waals surface area contributed by atoms with E-state index in [0.717, 1.165) is 56.6 Å². The SMILES string of the molecule is CCn1c(C)c(C2(c3c(C)c(-c4ccccc4)n4ccccc34)OC(=O)c3nccnc32)c2ccccc21. The lowest BCUT2D eigenvalue weighted by Gasteiger charge is -2.30. The Morgan fingerprint density at radius 2 is 1.55 bits per heavy atom.